The Morgan fingerprint density at radius 3 is 2.44 bits per heavy atom. The molecule has 0 bridgehead atoms. The number of likely N-dealkylation sites (tertiary alicyclic amines) is 1. The number of carboxylic acids is 1. The van der Waals surface area contributed by atoms with Crippen molar-refractivity contribution in [3.8, 4) is 0 Å². The van der Waals surface area contributed by atoms with E-state index in [1.807, 2.05) is 19.9 Å². The Morgan fingerprint density at radius 2 is 1.88 bits per heavy atom. The average Bonchev–Trinajstić information content (AvgIpc) is 2.61. The van der Waals surface area contributed by atoms with Crippen molar-refractivity contribution in [2.75, 3.05) is 26.3 Å². The second kappa shape index (κ2) is 9.90. The van der Waals surface area contributed by atoms with E-state index in [-0.39, 0.29) is 18.1 Å². The lowest BCUT2D eigenvalue weighted by Gasteiger charge is -2.41. The van der Waals surface area contributed by atoms with Crippen LogP contribution < -0.4 is 0 Å². The third-order valence-corrected chi connectivity index (χ3v) is 4.95. The fourth-order valence-corrected chi connectivity index (χ4v) is 3.46. The summed E-state index contributed by atoms with van der Waals surface area (Å²) >= 11 is 0. The van der Waals surface area contributed by atoms with Crippen LogP contribution >= 0.6 is 0 Å². The predicted molar refractivity (Wildman–Crippen MR) is 97.3 cm³/mol. The van der Waals surface area contributed by atoms with E-state index in [4.69, 9.17) is 9.47 Å². The minimum Gasteiger partial charge on any atom is -0.481 e. The maximum atomic E-state index is 11.4. The largest absolute Gasteiger partial charge is 0.481 e. The zero-order valence-corrected chi connectivity index (χ0v) is 15.4. The lowest BCUT2D eigenvalue weighted by Crippen LogP contribution is -2.44. The van der Waals surface area contributed by atoms with Gasteiger partial charge in [0, 0.05) is 18.6 Å². The summed E-state index contributed by atoms with van der Waals surface area (Å²) < 4.78 is 11.5. The van der Waals surface area contributed by atoms with Gasteiger partial charge in [0.2, 0.25) is 0 Å². The average molecular weight is 349 g/mol. The molecule has 0 amide bonds. The smallest absolute Gasteiger partial charge is 0.303 e. The Hall–Kier alpha value is -1.43. The topological polar surface area (TPSA) is 59.0 Å². The van der Waals surface area contributed by atoms with Crippen molar-refractivity contribution in [1.29, 1.82) is 0 Å². The first-order chi connectivity index (χ1) is 12.1. The molecule has 0 aromatic heterocycles. The van der Waals surface area contributed by atoms with Crippen LogP contribution in [0.15, 0.2) is 30.3 Å². The molecule has 140 valence electrons. The molecule has 1 heterocycles. The quantitative estimate of drug-likeness (QED) is 0.655. The molecule has 0 saturated carbocycles. The van der Waals surface area contributed by atoms with Gasteiger partial charge >= 0.3 is 5.97 Å². The van der Waals surface area contributed by atoms with Crippen LogP contribution in [0.5, 0.6) is 0 Å². The van der Waals surface area contributed by atoms with Crippen LogP contribution in [0, 0.1) is 5.41 Å². The number of carboxylic acid groups (broad SMARTS) is 1. The van der Waals surface area contributed by atoms with Crippen LogP contribution in [0.2, 0.25) is 0 Å². The minimum atomic E-state index is -0.746. The number of carbonyl (C=O) groups is 1. The van der Waals surface area contributed by atoms with Gasteiger partial charge in [-0.25, -0.2) is 0 Å². The summed E-state index contributed by atoms with van der Waals surface area (Å²) in [6.07, 6.45) is 2.38. The van der Waals surface area contributed by atoms with E-state index in [0.29, 0.717) is 13.2 Å². The van der Waals surface area contributed by atoms with Crippen molar-refractivity contribution in [3.05, 3.63) is 35.9 Å². The molecule has 1 aromatic rings. The van der Waals surface area contributed by atoms with Gasteiger partial charge in [-0.15, -0.1) is 0 Å². The van der Waals surface area contributed by atoms with Gasteiger partial charge in [0.05, 0.1) is 13.0 Å². The minimum absolute atomic E-state index is 0.161. The normalized spacial score (nSPS) is 18.8. The van der Waals surface area contributed by atoms with Crippen molar-refractivity contribution in [3.63, 3.8) is 0 Å². The van der Waals surface area contributed by atoms with Gasteiger partial charge in [0.1, 0.15) is 0 Å². The highest BCUT2D eigenvalue weighted by Gasteiger charge is 2.37. The molecular formula is C20H31NO4. The molecular weight excluding hydrogens is 318 g/mol. The Bertz CT molecular complexity index is 512. The fraction of sp³-hybridized carbons (Fsp3) is 0.650. The van der Waals surface area contributed by atoms with E-state index in [2.05, 4.69) is 29.2 Å². The van der Waals surface area contributed by atoms with E-state index < -0.39 is 5.97 Å². The second-order valence-electron chi connectivity index (χ2n) is 6.94. The molecule has 1 unspecified atom stereocenters. The number of aliphatic carboxylic acids is 1. The van der Waals surface area contributed by atoms with Gasteiger partial charge in [0.25, 0.3) is 0 Å². The number of benzene rings is 1. The van der Waals surface area contributed by atoms with Crippen molar-refractivity contribution in [1.82, 2.24) is 4.90 Å². The number of nitrogens with zero attached hydrogens (tertiary/aromatic N) is 1. The zero-order valence-electron chi connectivity index (χ0n) is 15.4. The summed E-state index contributed by atoms with van der Waals surface area (Å²) in [6.45, 7) is 7.75. The van der Waals surface area contributed by atoms with Gasteiger partial charge in [-0.1, -0.05) is 37.3 Å². The first-order valence-electron chi connectivity index (χ1n) is 9.28. The van der Waals surface area contributed by atoms with Crippen LogP contribution in [-0.2, 0) is 20.8 Å². The van der Waals surface area contributed by atoms with Crippen molar-refractivity contribution >= 4 is 5.97 Å². The summed E-state index contributed by atoms with van der Waals surface area (Å²) in [5, 5.41) is 9.36. The summed E-state index contributed by atoms with van der Waals surface area (Å²) in [4.78, 5) is 13.8. The van der Waals surface area contributed by atoms with Gasteiger partial charge in [-0.2, -0.15) is 0 Å². The Morgan fingerprint density at radius 1 is 1.20 bits per heavy atom. The highest BCUT2D eigenvalue weighted by atomic mass is 16.7. The van der Waals surface area contributed by atoms with Gasteiger partial charge in [-0.3, -0.25) is 9.69 Å². The van der Waals surface area contributed by atoms with Gasteiger partial charge in [0.15, 0.2) is 6.29 Å². The first-order valence-corrected chi connectivity index (χ1v) is 9.28. The zero-order chi connectivity index (χ0) is 18.1. The molecule has 1 aliphatic heterocycles. The highest BCUT2D eigenvalue weighted by Crippen LogP contribution is 2.36. The predicted octanol–water partition coefficient (Wildman–Crippen LogP) is 3.53. The molecule has 25 heavy (non-hydrogen) atoms. The van der Waals surface area contributed by atoms with E-state index in [1.165, 1.54) is 5.56 Å². The first kappa shape index (κ1) is 19.9. The van der Waals surface area contributed by atoms with E-state index in [0.717, 1.165) is 38.9 Å². The fourth-order valence-electron chi connectivity index (χ4n) is 3.46. The third kappa shape index (κ3) is 6.42. The second-order valence-corrected chi connectivity index (χ2v) is 6.94. The molecule has 2 rings (SSSR count). The van der Waals surface area contributed by atoms with Crippen LogP contribution in [-0.4, -0.2) is 48.6 Å². The third-order valence-electron chi connectivity index (χ3n) is 4.95. The highest BCUT2D eigenvalue weighted by molar-refractivity contribution is 5.67. The van der Waals surface area contributed by atoms with Crippen LogP contribution in [0.25, 0.3) is 0 Å². The van der Waals surface area contributed by atoms with E-state index >= 15 is 0 Å². The summed E-state index contributed by atoms with van der Waals surface area (Å²) in [5.41, 5.74) is 1.01. The number of rotatable bonds is 10. The van der Waals surface area contributed by atoms with Gasteiger partial charge < -0.3 is 14.6 Å². The Labute approximate surface area is 150 Å². The maximum Gasteiger partial charge on any atom is 0.303 e. The lowest BCUT2D eigenvalue weighted by molar-refractivity contribution is -0.171. The van der Waals surface area contributed by atoms with Crippen molar-refractivity contribution < 1.29 is 19.4 Å². The SMILES string of the molecule is CCOC(CC)OCC1(CC(=O)O)CCN(Cc2ccccc2)CC1. The van der Waals surface area contributed by atoms with Crippen LogP contribution in [0.4, 0.5) is 0 Å². The van der Waals surface area contributed by atoms with Crippen molar-refractivity contribution in [2.24, 2.45) is 5.41 Å². The van der Waals surface area contributed by atoms with E-state index in [1.54, 1.807) is 0 Å². The molecule has 1 fully saturated rings. The maximum absolute atomic E-state index is 11.4. The standard InChI is InChI=1S/C20H31NO4/c1-3-19(24-4-2)25-16-20(14-18(22)23)10-12-21(13-11-20)15-17-8-6-5-7-9-17/h5-9,19H,3-4,10-16H2,1-2H3,(H,22,23). The Balaban J connectivity index is 1.91. The van der Waals surface area contributed by atoms with Crippen LogP contribution in [0.3, 0.4) is 0 Å². The van der Waals surface area contributed by atoms with Crippen LogP contribution in [0.1, 0.15) is 45.1 Å². The summed E-state index contributed by atoms with van der Waals surface area (Å²) in [5.74, 6) is -0.746. The monoisotopic (exact) mass is 349 g/mol. The number of hydrogen-bond donors (Lipinski definition) is 1. The molecule has 5 nitrogen and oxygen atoms in total. The molecule has 1 saturated heterocycles. The Kier molecular flexibility index (Phi) is 7.88. The van der Waals surface area contributed by atoms with E-state index in [9.17, 15) is 9.90 Å². The summed E-state index contributed by atoms with van der Waals surface area (Å²) in [6, 6.07) is 10.4. The number of piperidine rings is 1. The molecule has 0 spiro atoms. The number of ether oxygens (including phenoxy) is 2. The van der Waals surface area contributed by atoms with Crippen molar-refractivity contribution in [2.45, 2.75) is 52.4 Å². The molecule has 1 N–H and O–H groups in total. The molecule has 1 atom stereocenters. The summed E-state index contributed by atoms with van der Waals surface area (Å²) in [7, 11) is 0. The van der Waals surface area contributed by atoms with Gasteiger partial charge in [-0.05, 0) is 44.8 Å². The molecule has 0 radical (unpaired) electrons. The molecule has 0 aliphatic carbocycles. The number of hydrogen-bond acceptors (Lipinski definition) is 4. The molecule has 1 aliphatic rings. The molecule has 5 heteroatoms. The molecule has 1 aromatic carbocycles. The lowest BCUT2D eigenvalue weighted by atomic mass is 9.76.